The number of amides is 1. The van der Waals surface area contributed by atoms with Gasteiger partial charge in [0, 0.05) is 32.7 Å². The third-order valence-electron chi connectivity index (χ3n) is 3.59. The zero-order chi connectivity index (χ0) is 13.4. The molecule has 1 aliphatic rings. The normalized spacial score (nSPS) is 19.6. The van der Waals surface area contributed by atoms with E-state index in [9.17, 15) is 4.79 Å². The zero-order valence-corrected chi connectivity index (χ0v) is 11.5. The fourth-order valence-corrected chi connectivity index (χ4v) is 2.51. The van der Waals surface area contributed by atoms with Gasteiger partial charge in [-0.25, -0.2) is 0 Å². The first-order valence-electron chi connectivity index (χ1n) is 7.05. The lowest BCUT2D eigenvalue weighted by atomic mass is 10.0. The van der Waals surface area contributed by atoms with Gasteiger partial charge in [-0.2, -0.15) is 0 Å². The quantitative estimate of drug-likeness (QED) is 0.696. The van der Waals surface area contributed by atoms with Gasteiger partial charge >= 0.3 is 0 Å². The molecule has 3 N–H and O–H groups in total. The Bertz CT molecular complexity index is 248. The highest BCUT2D eigenvalue weighted by molar-refractivity contribution is 5.79. The SMILES string of the molecule is CCCC(CN)C(=O)N1CCCN(CCO)CC1. The molecule has 1 amide bonds. The summed E-state index contributed by atoms with van der Waals surface area (Å²) in [6.45, 7) is 6.83. The van der Waals surface area contributed by atoms with Crippen LogP contribution in [0.1, 0.15) is 26.2 Å². The van der Waals surface area contributed by atoms with Crippen LogP contribution in [-0.2, 0) is 4.79 Å². The summed E-state index contributed by atoms with van der Waals surface area (Å²) < 4.78 is 0. The molecule has 1 fully saturated rings. The second-order valence-electron chi connectivity index (χ2n) is 4.97. The van der Waals surface area contributed by atoms with Gasteiger partial charge in [-0.05, 0) is 19.4 Å². The average molecular weight is 257 g/mol. The van der Waals surface area contributed by atoms with Gasteiger partial charge in [0.1, 0.15) is 0 Å². The van der Waals surface area contributed by atoms with Gasteiger partial charge in [-0.3, -0.25) is 9.69 Å². The van der Waals surface area contributed by atoms with Crippen LogP contribution in [0.3, 0.4) is 0 Å². The molecular formula is C13H27N3O2. The van der Waals surface area contributed by atoms with Crippen LogP contribution in [0.5, 0.6) is 0 Å². The molecule has 0 aromatic heterocycles. The second-order valence-corrected chi connectivity index (χ2v) is 4.97. The third kappa shape index (κ3) is 4.55. The van der Waals surface area contributed by atoms with Crippen molar-refractivity contribution in [1.29, 1.82) is 0 Å². The molecule has 1 rings (SSSR count). The highest BCUT2D eigenvalue weighted by Crippen LogP contribution is 2.12. The van der Waals surface area contributed by atoms with Crippen LogP contribution in [0.2, 0.25) is 0 Å². The van der Waals surface area contributed by atoms with E-state index < -0.39 is 0 Å². The van der Waals surface area contributed by atoms with E-state index in [4.69, 9.17) is 10.8 Å². The first-order valence-corrected chi connectivity index (χ1v) is 7.05. The van der Waals surface area contributed by atoms with Crippen molar-refractivity contribution in [2.45, 2.75) is 26.2 Å². The van der Waals surface area contributed by atoms with Crippen LogP contribution in [0, 0.1) is 5.92 Å². The first kappa shape index (κ1) is 15.4. The lowest BCUT2D eigenvalue weighted by Gasteiger charge is -2.25. The predicted molar refractivity (Wildman–Crippen MR) is 72.2 cm³/mol. The molecule has 0 aromatic rings. The minimum atomic E-state index is -0.0145. The Morgan fingerprint density at radius 3 is 2.72 bits per heavy atom. The molecule has 0 aliphatic carbocycles. The van der Waals surface area contributed by atoms with E-state index >= 15 is 0 Å². The Morgan fingerprint density at radius 1 is 1.33 bits per heavy atom. The van der Waals surface area contributed by atoms with Crippen molar-refractivity contribution in [3.8, 4) is 0 Å². The van der Waals surface area contributed by atoms with Crippen LogP contribution in [0.4, 0.5) is 0 Å². The Hall–Kier alpha value is -0.650. The standard InChI is InChI=1S/C13H27N3O2/c1-2-4-12(11-14)13(18)16-6-3-5-15(7-8-16)9-10-17/h12,17H,2-11,14H2,1H3. The van der Waals surface area contributed by atoms with E-state index in [1.807, 2.05) is 4.90 Å². The summed E-state index contributed by atoms with van der Waals surface area (Å²) in [5.41, 5.74) is 5.69. The molecule has 5 heteroatoms. The molecule has 106 valence electrons. The number of carbonyl (C=O) groups is 1. The fourth-order valence-electron chi connectivity index (χ4n) is 2.51. The van der Waals surface area contributed by atoms with Crippen LogP contribution in [-0.4, -0.2) is 66.7 Å². The van der Waals surface area contributed by atoms with E-state index in [1.54, 1.807) is 0 Å². The van der Waals surface area contributed by atoms with Crippen molar-refractivity contribution in [3.05, 3.63) is 0 Å². The van der Waals surface area contributed by atoms with Crippen molar-refractivity contribution in [3.63, 3.8) is 0 Å². The molecule has 1 atom stereocenters. The summed E-state index contributed by atoms with van der Waals surface area (Å²) in [6, 6.07) is 0. The summed E-state index contributed by atoms with van der Waals surface area (Å²) in [4.78, 5) is 16.5. The minimum absolute atomic E-state index is 0.0145. The largest absolute Gasteiger partial charge is 0.395 e. The fraction of sp³-hybridized carbons (Fsp3) is 0.923. The number of nitrogens with zero attached hydrogens (tertiary/aromatic N) is 2. The van der Waals surface area contributed by atoms with Gasteiger partial charge in [-0.1, -0.05) is 13.3 Å². The highest BCUT2D eigenvalue weighted by atomic mass is 16.3. The van der Waals surface area contributed by atoms with Crippen molar-refractivity contribution < 1.29 is 9.90 Å². The number of aliphatic hydroxyl groups is 1. The predicted octanol–water partition coefficient (Wildman–Crippen LogP) is -0.112. The molecule has 0 spiro atoms. The van der Waals surface area contributed by atoms with E-state index in [0.717, 1.165) is 45.4 Å². The molecule has 5 nitrogen and oxygen atoms in total. The Balaban J connectivity index is 2.48. The molecular weight excluding hydrogens is 230 g/mol. The van der Waals surface area contributed by atoms with Crippen LogP contribution in [0.15, 0.2) is 0 Å². The molecule has 1 aliphatic heterocycles. The van der Waals surface area contributed by atoms with Gasteiger partial charge in [0.15, 0.2) is 0 Å². The number of β-amino-alcohol motifs (C(OH)–C–C–N with tert-alkyl or cyclic N) is 1. The Morgan fingerprint density at radius 2 is 2.11 bits per heavy atom. The van der Waals surface area contributed by atoms with Crippen molar-refractivity contribution in [2.75, 3.05) is 45.9 Å². The summed E-state index contributed by atoms with van der Waals surface area (Å²) in [5.74, 6) is 0.199. The molecule has 1 unspecified atom stereocenters. The summed E-state index contributed by atoms with van der Waals surface area (Å²) in [6.07, 6.45) is 2.86. The van der Waals surface area contributed by atoms with Gasteiger partial charge in [0.25, 0.3) is 0 Å². The molecule has 1 heterocycles. The van der Waals surface area contributed by atoms with E-state index in [1.165, 1.54) is 0 Å². The Labute approximate surface area is 110 Å². The molecule has 0 aromatic carbocycles. The number of rotatable bonds is 6. The number of nitrogens with two attached hydrogens (primary N) is 1. The summed E-state index contributed by atoms with van der Waals surface area (Å²) >= 11 is 0. The lowest BCUT2D eigenvalue weighted by molar-refractivity contribution is -0.135. The molecule has 0 saturated carbocycles. The van der Waals surface area contributed by atoms with E-state index in [0.29, 0.717) is 13.1 Å². The van der Waals surface area contributed by atoms with Crippen LogP contribution in [0.25, 0.3) is 0 Å². The van der Waals surface area contributed by atoms with E-state index in [-0.39, 0.29) is 18.4 Å². The monoisotopic (exact) mass is 257 g/mol. The minimum Gasteiger partial charge on any atom is -0.395 e. The van der Waals surface area contributed by atoms with Gasteiger partial charge < -0.3 is 15.7 Å². The first-order chi connectivity index (χ1) is 8.72. The summed E-state index contributed by atoms with van der Waals surface area (Å²) in [7, 11) is 0. The molecule has 0 bridgehead atoms. The van der Waals surface area contributed by atoms with Gasteiger partial charge in [0.2, 0.25) is 5.91 Å². The third-order valence-corrected chi connectivity index (χ3v) is 3.59. The van der Waals surface area contributed by atoms with Crippen LogP contribution < -0.4 is 5.73 Å². The Kier molecular flexibility index (Phi) is 7.23. The smallest absolute Gasteiger partial charge is 0.227 e. The lowest BCUT2D eigenvalue weighted by Crippen LogP contribution is -2.41. The maximum atomic E-state index is 12.3. The topological polar surface area (TPSA) is 69.8 Å². The van der Waals surface area contributed by atoms with Crippen LogP contribution >= 0.6 is 0 Å². The van der Waals surface area contributed by atoms with Gasteiger partial charge in [-0.15, -0.1) is 0 Å². The van der Waals surface area contributed by atoms with Crippen molar-refractivity contribution >= 4 is 5.91 Å². The second kappa shape index (κ2) is 8.45. The number of carbonyl (C=O) groups excluding carboxylic acids is 1. The molecule has 18 heavy (non-hydrogen) atoms. The van der Waals surface area contributed by atoms with Gasteiger partial charge in [0.05, 0.1) is 12.5 Å². The van der Waals surface area contributed by atoms with Crippen molar-refractivity contribution in [2.24, 2.45) is 11.7 Å². The summed E-state index contributed by atoms with van der Waals surface area (Å²) in [5, 5.41) is 8.94. The number of aliphatic hydroxyl groups excluding tert-OH is 1. The average Bonchev–Trinajstić information content (AvgIpc) is 2.61. The number of hydrogen-bond acceptors (Lipinski definition) is 4. The molecule has 1 saturated heterocycles. The maximum absolute atomic E-state index is 12.3. The number of hydrogen-bond donors (Lipinski definition) is 2. The maximum Gasteiger partial charge on any atom is 0.227 e. The highest BCUT2D eigenvalue weighted by Gasteiger charge is 2.24. The van der Waals surface area contributed by atoms with Crippen molar-refractivity contribution in [1.82, 2.24) is 9.80 Å². The zero-order valence-electron chi connectivity index (χ0n) is 11.5. The molecule has 0 radical (unpaired) electrons. The van der Waals surface area contributed by atoms with E-state index in [2.05, 4.69) is 11.8 Å².